The average molecular weight is 378 g/mol. The van der Waals surface area contributed by atoms with E-state index in [0.29, 0.717) is 16.3 Å². The summed E-state index contributed by atoms with van der Waals surface area (Å²) in [5.41, 5.74) is 1.77. The van der Waals surface area contributed by atoms with E-state index in [2.05, 4.69) is 10.0 Å². The van der Waals surface area contributed by atoms with Gasteiger partial charge in [0.15, 0.2) is 0 Å². The molecule has 6 nitrogen and oxygen atoms in total. The van der Waals surface area contributed by atoms with E-state index >= 15 is 0 Å². The van der Waals surface area contributed by atoms with Gasteiger partial charge in [0.25, 0.3) is 5.91 Å². The average Bonchev–Trinajstić information content (AvgIpc) is 2.58. The number of nitriles is 1. The summed E-state index contributed by atoms with van der Waals surface area (Å²) in [6, 6.07) is 12.6. The van der Waals surface area contributed by atoms with Gasteiger partial charge in [0.1, 0.15) is 0 Å². The number of carbonyl (C=O) groups is 1. The molecular formula is C17H16ClN3O3S. The van der Waals surface area contributed by atoms with E-state index in [4.69, 9.17) is 16.9 Å². The minimum atomic E-state index is -3.70. The number of nitrogens with zero attached hydrogens (tertiary/aromatic N) is 1. The summed E-state index contributed by atoms with van der Waals surface area (Å²) < 4.78 is 26.4. The molecule has 0 spiro atoms. The highest BCUT2D eigenvalue weighted by Gasteiger charge is 2.15. The maximum atomic E-state index is 12.3. The van der Waals surface area contributed by atoms with Crippen LogP contribution in [0.25, 0.3) is 0 Å². The van der Waals surface area contributed by atoms with E-state index in [1.54, 1.807) is 18.2 Å². The number of anilines is 1. The number of hydrogen-bond donors (Lipinski definition) is 2. The first-order valence-corrected chi connectivity index (χ1v) is 9.24. The third kappa shape index (κ3) is 5.03. The van der Waals surface area contributed by atoms with Crippen molar-refractivity contribution in [2.75, 3.05) is 11.9 Å². The van der Waals surface area contributed by atoms with E-state index < -0.39 is 10.0 Å². The van der Waals surface area contributed by atoms with Crippen molar-refractivity contribution in [2.24, 2.45) is 0 Å². The van der Waals surface area contributed by atoms with E-state index in [-0.39, 0.29) is 23.8 Å². The van der Waals surface area contributed by atoms with Crippen LogP contribution in [-0.4, -0.2) is 20.9 Å². The first kappa shape index (κ1) is 18.9. The molecule has 0 aliphatic carbocycles. The number of hydrogen-bond acceptors (Lipinski definition) is 4. The topological polar surface area (TPSA) is 99.1 Å². The van der Waals surface area contributed by atoms with Gasteiger partial charge in [0.2, 0.25) is 10.0 Å². The van der Waals surface area contributed by atoms with Gasteiger partial charge in [-0.25, -0.2) is 13.1 Å². The van der Waals surface area contributed by atoms with Crippen LogP contribution < -0.4 is 10.0 Å². The summed E-state index contributed by atoms with van der Waals surface area (Å²) in [6.07, 6.45) is 0.0820. The van der Waals surface area contributed by atoms with Crippen molar-refractivity contribution in [3.05, 3.63) is 58.6 Å². The molecule has 0 aliphatic rings. The van der Waals surface area contributed by atoms with Crippen molar-refractivity contribution in [1.29, 1.82) is 5.26 Å². The van der Waals surface area contributed by atoms with Crippen molar-refractivity contribution in [2.45, 2.75) is 18.2 Å². The number of sulfonamides is 1. The highest BCUT2D eigenvalue weighted by atomic mass is 35.5. The second-order valence-corrected chi connectivity index (χ2v) is 7.45. The lowest BCUT2D eigenvalue weighted by Gasteiger charge is -2.10. The zero-order chi connectivity index (χ0) is 18.4. The van der Waals surface area contributed by atoms with E-state index in [9.17, 15) is 13.2 Å². The Kier molecular flexibility index (Phi) is 6.15. The van der Waals surface area contributed by atoms with Gasteiger partial charge in [-0.1, -0.05) is 17.7 Å². The molecule has 2 N–H and O–H groups in total. The predicted octanol–water partition coefficient (Wildman–Crippen LogP) is 3.09. The Balaban J connectivity index is 2.12. The van der Waals surface area contributed by atoms with Gasteiger partial charge in [-0.2, -0.15) is 5.26 Å². The third-order valence-electron chi connectivity index (χ3n) is 3.40. The second-order valence-electron chi connectivity index (χ2n) is 5.24. The van der Waals surface area contributed by atoms with Crippen LogP contribution in [0, 0.1) is 18.3 Å². The van der Waals surface area contributed by atoms with E-state index in [1.165, 1.54) is 24.3 Å². The normalized spacial score (nSPS) is 10.9. The fourth-order valence-corrected chi connectivity index (χ4v) is 3.24. The number of rotatable bonds is 6. The summed E-state index contributed by atoms with van der Waals surface area (Å²) in [5, 5.41) is 11.7. The minimum Gasteiger partial charge on any atom is -0.322 e. The zero-order valence-electron chi connectivity index (χ0n) is 13.4. The molecule has 0 bridgehead atoms. The monoisotopic (exact) mass is 377 g/mol. The van der Waals surface area contributed by atoms with Gasteiger partial charge >= 0.3 is 0 Å². The van der Waals surface area contributed by atoms with Crippen LogP contribution in [0.15, 0.2) is 47.4 Å². The number of amides is 1. The second kappa shape index (κ2) is 8.12. The Morgan fingerprint density at radius 3 is 2.52 bits per heavy atom. The maximum absolute atomic E-state index is 12.3. The summed E-state index contributed by atoms with van der Waals surface area (Å²) in [7, 11) is -3.70. The van der Waals surface area contributed by atoms with Crippen molar-refractivity contribution in [3.63, 3.8) is 0 Å². The molecule has 2 aromatic rings. The Hall–Kier alpha value is -2.40. The van der Waals surface area contributed by atoms with Gasteiger partial charge in [-0.05, 0) is 48.9 Å². The minimum absolute atomic E-state index is 0.0286. The smallest absolute Gasteiger partial charge is 0.255 e. The summed E-state index contributed by atoms with van der Waals surface area (Å²) in [6.45, 7) is 1.88. The molecule has 0 aromatic heterocycles. The molecule has 0 unspecified atom stereocenters. The van der Waals surface area contributed by atoms with Crippen LogP contribution in [-0.2, 0) is 10.0 Å². The molecule has 2 rings (SSSR count). The van der Waals surface area contributed by atoms with Crippen LogP contribution in [0.5, 0.6) is 0 Å². The Morgan fingerprint density at radius 2 is 1.88 bits per heavy atom. The van der Waals surface area contributed by atoms with E-state index in [0.717, 1.165) is 5.56 Å². The molecule has 0 aliphatic heterocycles. The third-order valence-corrected chi connectivity index (χ3v) is 5.12. The lowest BCUT2D eigenvalue weighted by Crippen LogP contribution is -2.24. The number of benzene rings is 2. The van der Waals surface area contributed by atoms with Crippen LogP contribution in [0.2, 0.25) is 5.02 Å². The Bertz CT molecular complexity index is 919. The molecule has 130 valence electrons. The molecule has 25 heavy (non-hydrogen) atoms. The molecule has 0 saturated carbocycles. The molecule has 0 radical (unpaired) electrons. The van der Waals surface area contributed by atoms with Gasteiger partial charge in [0.05, 0.1) is 11.0 Å². The largest absolute Gasteiger partial charge is 0.322 e. The zero-order valence-corrected chi connectivity index (χ0v) is 15.0. The summed E-state index contributed by atoms with van der Waals surface area (Å²) >= 11 is 5.92. The van der Waals surface area contributed by atoms with Crippen molar-refractivity contribution in [1.82, 2.24) is 4.72 Å². The molecule has 0 heterocycles. The molecule has 8 heteroatoms. The number of aryl methyl sites for hydroxylation is 1. The van der Waals surface area contributed by atoms with Crippen LogP contribution in [0.3, 0.4) is 0 Å². The lowest BCUT2D eigenvalue weighted by atomic mass is 10.1. The number of nitrogens with one attached hydrogen (secondary N) is 2. The SMILES string of the molecule is Cc1ccc(Cl)cc1NC(=O)c1ccc(S(=O)(=O)NCCC#N)cc1. The summed E-state index contributed by atoms with van der Waals surface area (Å²) in [4.78, 5) is 12.3. The molecule has 1 amide bonds. The lowest BCUT2D eigenvalue weighted by molar-refractivity contribution is 0.102. The van der Waals surface area contributed by atoms with Crippen LogP contribution >= 0.6 is 11.6 Å². The summed E-state index contributed by atoms with van der Waals surface area (Å²) in [5.74, 6) is -0.369. The Labute approximate surface area is 151 Å². The first-order chi connectivity index (χ1) is 11.8. The molecular weight excluding hydrogens is 362 g/mol. The molecule has 0 fully saturated rings. The maximum Gasteiger partial charge on any atom is 0.255 e. The predicted molar refractivity (Wildman–Crippen MR) is 96.0 cm³/mol. The van der Waals surface area contributed by atoms with Crippen LogP contribution in [0.4, 0.5) is 5.69 Å². The van der Waals surface area contributed by atoms with Gasteiger partial charge in [-0.3, -0.25) is 4.79 Å². The molecule has 0 atom stereocenters. The van der Waals surface area contributed by atoms with Gasteiger partial charge in [0, 0.05) is 29.2 Å². The van der Waals surface area contributed by atoms with Crippen LogP contribution in [0.1, 0.15) is 22.3 Å². The molecule has 2 aromatic carbocycles. The highest BCUT2D eigenvalue weighted by molar-refractivity contribution is 7.89. The van der Waals surface area contributed by atoms with Crippen molar-refractivity contribution >= 4 is 33.2 Å². The standard InChI is InChI=1S/C17H16ClN3O3S/c1-12-3-6-14(18)11-16(12)21-17(22)13-4-7-15(8-5-13)25(23,24)20-10-2-9-19/h3-8,11,20H,2,10H2,1H3,(H,21,22). The fourth-order valence-electron chi connectivity index (χ4n) is 2.03. The van der Waals surface area contributed by atoms with Crippen molar-refractivity contribution < 1.29 is 13.2 Å². The molecule has 0 saturated heterocycles. The quantitative estimate of drug-likeness (QED) is 0.755. The van der Waals surface area contributed by atoms with E-state index in [1.807, 2.05) is 13.0 Å². The fraction of sp³-hybridized carbons (Fsp3) is 0.176. The van der Waals surface area contributed by atoms with Gasteiger partial charge in [-0.15, -0.1) is 0 Å². The Morgan fingerprint density at radius 1 is 1.20 bits per heavy atom. The number of carbonyl (C=O) groups excluding carboxylic acids is 1. The number of halogens is 1. The highest BCUT2D eigenvalue weighted by Crippen LogP contribution is 2.21. The first-order valence-electron chi connectivity index (χ1n) is 7.37. The van der Waals surface area contributed by atoms with Gasteiger partial charge < -0.3 is 5.32 Å². The van der Waals surface area contributed by atoms with Crippen molar-refractivity contribution in [3.8, 4) is 6.07 Å².